The third-order valence-electron chi connectivity index (χ3n) is 3.69. The Labute approximate surface area is 126 Å². The minimum atomic E-state index is -0.173. The summed E-state index contributed by atoms with van der Waals surface area (Å²) in [4.78, 5) is 22.4. The van der Waals surface area contributed by atoms with Gasteiger partial charge in [-0.15, -0.1) is 0 Å². The van der Waals surface area contributed by atoms with E-state index in [0.29, 0.717) is 18.3 Å². The molecule has 2 rings (SSSR count). The molecule has 1 aromatic rings. The molecule has 6 nitrogen and oxygen atoms in total. The molecule has 0 radical (unpaired) electrons. The highest BCUT2D eigenvalue weighted by molar-refractivity contribution is 5.91. The minimum absolute atomic E-state index is 0.173. The van der Waals surface area contributed by atoms with E-state index in [1.54, 1.807) is 6.20 Å². The van der Waals surface area contributed by atoms with Crippen molar-refractivity contribution in [2.45, 2.75) is 38.1 Å². The Bertz CT molecular complexity index is 440. The van der Waals surface area contributed by atoms with Crippen molar-refractivity contribution in [3.8, 4) is 0 Å². The standard InChI is InChI=1S/C15H25N5O/c1-20(2)9-8-16-15(21)13-10-18-14(11-17-13)19-12-6-4-3-5-7-12/h10-12H,3-9H2,1-2H3,(H,16,21)(H,18,19). The Hall–Kier alpha value is -1.69. The van der Waals surface area contributed by atoms with Gasteiger partial charge in [-0.1, -0.05) is 19.3 Å². The minimum Gasteiger partial charge on any atom is -0.366 e. The van der Waals surface area contributed by atoms with Crippen LogP contribution in [0.4, 0.5) is 5.82 Å². The molecule has 1 saturated carbocycles. The lowest BCUT2D eigenvalue weighted by molar-refractivity contribution is 0.0945. The fraction of sp³-hybridized carbons (Fsp3) is 0.667. The van der Waals surface area contributed by atoms with Crippen LogP contribution in [-0.4, -0.2) is 54.0 Å². The van der Waals surface area contributed by atoms with Crippen LogP contribution in [0, 0.1) is 0 Å². The van der Waals surface area contributed by atoms with Gasteiger partial charge in [0.15, 0.2) is 0 Å². The lowest BCUT2D eigenvalue weighted by Crippen LogP contribution is -2.32. The third kappa shape index (κ3) is 5.30. The summed E-state index contributed by atoms with van der Waals surface area (Å²) >= 11 is 0. The van der Waals surface area contributed by atoms with Crippen molar-refractivity contribution in [1.29, 1.82) is 0 Å². The van der Waals surface area contributed by atoms with Crippen molar-refractivity contribution < 1.29 is 4.79 Å². The number of nitrogens with one attached hydrogen (secondary N) is 2. The zero-order valence-corrected chi connectivity index (χ0v) is 12.9. The summed E-state index contributed by atoms with van der Waals surface area (Å²) in [7, 11) is 3.94. The SMILES string of the molecule is CN(C)CCNC(=O)c1cnc(NC2CCCCC2)cn1. The fourth-order valence-electron chi connectivity index (χ4n) is 2.46. The molecule has 2 N–H and O–H groups in total. The first-order valence-electron chi connectivity index (χ1n) is 7.66. The van der Waals surface area contributed by atoms with Crippen LogP contribution in [-0.2, 0) is 0 Å². The molecular formula is C15H25N5O. The Morgan fingerprint density at radius 1 is 1.24 bits per heavy atom. The first-order chi connectivity index (χ1) is 10.1. The maximum atomic E-state index is 11.9. The highest BCUT2D eigenvalue weighted by Crippen LogP contribution is 2.20. The number of anilines is 1. The number of hydrogen-bond donors (Lipinski definition) is 2. The normalized spacial score (nSPS) is 16.0. The molecule has 0 aliphatic heterocycles. The molecule has 1 fully saturated rings. The van der Waals surface area contributed by atoms with E-state index in [0.717, 1.165) is 12.4 Å². The number of nitrogens with zero attached hydrogens (tertiary/aromatic N) is 3. The van der Waals surface area contributed by atoms with Crippen LogP contribution in [0.2, 0.25) is 0 Å². The van der Waals surface area contributed by atoms with Crippen LogP contribution in [0.1, 0.15) is 42.6 Å². The van der Waals surface area contributed by atoms with Gasteiger partial charge >= 0.3 is 0 Å². The predicted molar refractivity (Wildman–Crippen MR) is 83.4 cm³/mol. The van der Waals surface area contributed by atoms with E-state index in [1.807, 2.05) is 19.0 Å². The summed E-state index contributed by atoms with van der Waals surface area (Å²) in [5.74, 6) is 0.584. The summed E-state index contributed by atoms with van der Waals surface area (Å²) in [6.07, 6.45) is 9.44. The maximum absolute atomic E-state index is 11.9. The van der Waals surface area contributed by atoms with E-state index in [4.69, 9.17) is 0 Å². The van der Waals surface area contributed by atoms with Crippen LogP contribution < -0.4 is 10.6 Å². The molecule has 1 aliphatic carbocycles. The van der Waals surface area contributed by atoms with E-state index >= 15 is 0 Å². The molecule has 1 amide bonds. The average molecular weight is 291 g/mol. The maximum Gasteiger partial charge on any atom is 0.271 e. The Balaban J connectivity index is 1.81. The van der Waals surface area contributed by atoms with Gasteiger partial charge in [-0.05, 0) is 26.9 Å². The number of amides is 1. The number of carbonyl (C=O) groups is 1. The monoisotopic (exact) mass is 291 g/mol. The number of aromatic nitrogens is 2. The molecule has 1 aliphatic rings. The molecule has 21 heavy (non-hydrogen) atoms. The largest absolute Gasteiger partial charge is 0.366 e. The van der Waals surface area contributed by atoms with Gasteiger partial charge in [0.2, 0.25) is 0 Å². The van der Waals surface area contributed by atoms with Crippen LogP contribution >= 0.6 is 0 Å². The van der Waals surface area contributed by atoms with Gasteiger partial charge in [0.05, 0.1) is 12.4 Å². The number of carbonyl (C=O) groups excluding carboxylic acids is 1. The van der Waals surface area contributed by atoms with E-state index in [2.05, 4.69) is 20.6 Å². The van der Waals surface area contributed by atoms with Gasteiger partial charge in [0, 0.05) is 19.1 Å². The summed E-state index contributed by atoms with van der Waals surface area (Å²) in [6.45, 7) is 1.41. The summed E-state index contributed by atoms with van der Waals surface area (Å²) in [5, 5.41) is 6.22. The summed E-state index contributed by atoms with van der Waals surface area (Å²) in [6, 6.07) is 0.493. The lowest BCUT2D eigenvalue weighted by atomic mass is 9.96. The zero-order valence-electron chi connectivity index (χ0n) is 12.9. The van der Waals surface area contributed by atoms with Gasteiger partial charge < -0.3 is 15.5 Å². The first kappa shape index (κ1) is 15.7. The van der Waals surface area contributed by atoms with Crippen molar-refractivity contribution in [3.05, 3.63) is 18.1 Å². The molecule has 6 heteroatoms. The van der Waals surface area contributed by atoms with Gasteiger partial charge in [-0.2, -0.15) is 0 Å². The van der Waals surface area contributed by atoms with Gasteiger partial charge in [-0.25, -0.2) is 9.97 Å². The highest BCUT2D eigenvalue weighted by atomic mass is 16.1. The number of rotatable bonds is 6. The molecule has 1 aromatic heterocycles. The molecule has 0 atom stereocenters. The molecular weight excluding hydrogens is 266 g/mol. The van der Waals surface area contributed by atoms with Crippen molar-refractivity contribution >= 4 is 11.7 Å². The van der Waals surface area contributed by atoms with Crippen LogP contribution in [0.15, 0.2) is 12.4 Å². The molecule has 0 spiro atoms. The molecule has 0 unspecified atom stereocenters. The van der Waals surface area contributed by atoms with Gasteiger partial charge in [-0.3, -0.25) is 4.79 Å². The molecule has 1 heterocycles. The Morgan fingerprint density at radius 3 is 2.62 bits per heavy atom. The fourth-order valence-corrected chi connectivity index (χ4v) is 2.46. The second-order valence-corrected chi connectivity index (χ2v) is 5.83. The second-order valence-electron chi connectivity index (χ2n) is 5.83. The quantitative estimate of drug-likeness (QED) is 0.831. The van der Waals surface area contributed by atoms with E-state index in [1.165, 1.54) is 38.3 Å². The number of hydrogen-bond acceptors (Lipinski definition) is 5. The van der Waals surface area contributed by atoms with Crippen molar-refractivity contribution in [2.24, 2.45) is 0 Å². The average Bonchev–Trinajstić information content (AvgIpc) is 2.48. The van der Waals surface area contributed by atoms with E-state index in [-0.39, 0.29) is 5.91 Å². The Kier molecular flexibility index (Phi) is 5.92. The van der Waals surface area contributed by atoms with Gasteiger partial charge in [0.1, 0.15) is 11.5 Å². The summed E-state index contributed by atoms with van der Waals surface area (Å²) in [5.41, 5.74) is 0.364. The van der Waals surface area contributed by atoms with Crippen LogP contribution in [0.5, 0.6) is 0 Å². The number of likely N-dealkylation sites (N-methyl/N-ethyl adjacent to an activating group) is 1. The van der Waals surface area contributed by atoms with Crippen LogP contribution in [0.25, 0.3) is 0 Å². The highest BCUT2D eigenvalue weighted by Gasteiger charge is 2.14. The van der Waals surface area contributed by atoms with Crippen molar-refractivity contribution in [3.63, 3.8) is 0 Å². The van der Waals surface area contributed by atoms with Gasteiger partial charge in [0.25, 0.3) is 5.91 Å². The summed E-state index contributed by atoms with van der Waals surface area (Å²) < 4.78 is 0. The third-order valence-corrected chi connectivity index (χ3v) is 3.69. The molecule has 0 bridgehead atoms. The van der Waals surface area contributed by atoms with Crippen molar-refractivity contribution in [1.82, 2.24) is 20.2 Å². The second kappa shape index (κ2) is 7.93. The molecule has 116 valence electrons. The topological polar surface area (TPSA) is 70.2 Å². The van der Waals surface area contributed by atoms with Crippen LogP contribution in [0.3, 0.4) is 0 Å². The molecule has 0 aromatic carbocycles. The van der Waals surface area contributed by atoms with E-state index < -0.39 is 0 Å². The smallest absolute Gasteiger partial charge is 0.271 e. The zero-order chi connectivity index (χ0) is 15.1. The Morgan fingerprint density at radius 2 is 2.00 bits per heavy atom. The first-order valence-corrected chi connectivity index (χ1v) is 7.66. The van der Waals surface area contributed by atoms with Crippen molar-refractivity contribution in [2.75, 3.05) is 32.5 Å². The van der Waals surface area contributed by atoms with E-state index in [9.17, 15) is 4.79 Å². The predicted octanol–water partition coefficient (Wildman–Crippen LogP) is 1.51. The lowest BCUT2D eigenvalue weighted by Gasteiger charge is -2.23. The molecule has 0 saturated heterocycles.